The smallest absolute Gasteiger partial charge is 0.258 e. The van der Waals surface area contributed by atoms with Crippen LogP contribution in [0.3, 0.4) is 0 Å². The third-order valence-corrected chi connectivity index (χ3v) is 6.21. The van der Waals surface area contributed by atoms with E-state index in [0.29, 0.717) is 5.95 Å². The number of aromatic amines is 1. The van der Waals surface area contributed by atoms with E-state index in [9.17, 15) is 20.0 Å². The molecule has 1 fully saturated rings. The molecule has 9 nitrogen and oxygen atoms in total. The number of ether oxygens (including phenoxy) is 1. The first-order valence-electron chi connectivity index (χ1n) is 10.5. The number of nitriles is 1. The van der Waals surface area contributed by atoms with E-state index in [1.54, 1.807) is 18.2 Å². The van der Waals surface area contributed by atoms with Crippen LogP contribution in [-0.4, -0.2) is 40.7 Å². The predicted molar refractivity (Wildman–Crippen MR) is 114 cm³/mol. The number of anilines is 2. The number of piperidine rings is 1. The average molecular weight is 423 g/mol. The Kier molecular flexibility index (Phi) is 5.55. The van der Waals surface area contributed by atoms with E-state index in [1.165, 1.54) is 7.11 Å². The van der Waals surface area contributed by atoms with Gasteiger partial charge in [0.25, 0.3) is 5.56 Å². The van der Waals surface area contributed by atoms with Crippen molar-refractivity contribution in [1.82, 2.24) is 9.97 Å². The number of methoxy groups -OCH3 is 1. The summed E-state index contributed by atoms with van der Waals surface area (Å²) in [6, 6.07) is 7.03. The molecule has 3 N–H and O–H groups in total. The van der Waals surface area contributed by atoms with Gasteiger partial charge < -0.3 is 20.1 Å². The van der Waals surface area contributed by atoms with E-state index in [0.717, 1.165) is 32.2 Å². The van der Waals surface area contributed by atoms with Gasteiger partial charge in [-0.2, -0.15) is 10.2 Å². The molecule has 0 aliphatic carbocycles. The largest absolute Gasteiger partial charge is 0.504 e. The molecule has 1 aromatic carbocycles. The average Bonchev–Trinajstić information content (AvgIpc) is 2.78. The number of H-pyrrole nitrogens is 1. The monoisotopic (exact) mass is 423 g/mol. The van der Waals surface area contributed by atoms with Crippen LogP contribution in [0.4, 0.5) is 11.8 Å². The Hall–Kier alpha value is -3.54. The van der Waals surface area contributed by atoms with Crippen LogP contribution < -0.4 is 20.5 Å². The summed E-state index contributed by atoms with van der Waals surface area (Å²) in [6.45, 7) is 2.87. The first-order valence-corrected chi connectivity index (χ1v) is 10.5. The molecular formula is C22H25N5O4. The fraction of sp³-hybridized carbons (Fsp3) is 0.455. The number of hydrogen-bond acceptors (Lipinski definition) is 7. The number of hydrogen-bond donors (Lipinski definition) is 3. The Morgan fingerprint density at radius 1 is 1.35 bits per heavy atom. The summed E-state index contributed by atoms with van der Waals surface area (Å²) in [6.07, 6.45) is 4.06. The maximum absolute atomic E-state index is 13.2. The first-order chi connectivity index (χ1) is 15.0. The number of nitrogens with one attached hydrogen (secondary N) is 2. The standard InChI is InChI=1S/C22H25N5O4/c1-3-12-7-4-5-10-27(12)22-25-19-17(21(30)26-22)16(14(11-23)20(29)24-19)13-8-6-9-15(31-2)18(13)28/h6,8-9,12,14,16,28H,3-5,7,10H2,1-2H3,(H2,24,25,26,29,30). The van der Waals surface area contributed by atoms with Crippen molar-refractivity contribution in [1.29, 1.82) is 5.26 Å². The number of phenolic OH excluding ortho intramolecular Hbond substituents is 1. The van der Waals surface area contributed by atoms with E-state index >= 15 is 0 Å². The van der Waals surface area contributed by atoms with Gasteiger partial charge in [-0.1, -0.05) is 19.1 Å². The quantitative estimate of drug-likeness (QED) is 0.688. The SMILES string of the molecule is CCC1CCCCN1c1nc2c(c(=O)[nH]1)C(c1cccc(OC)c1O)C(C#N)C(=O)N2. The molecule has 2 aromatic rings. The summed E-state index contributed by atoms with van der Waals surface area (Å²) in [5.74, 6) is -2.20. The minimum atomic E-state index is -1.20. The molecule has 3 heterocycles. The Balaban J connectivity index is 1.87. The number of carbonyl (C=O) groups excluding carboxylic acids is 1. The van der Waals surface area contributed by atoms with Gasteiger partial charge in [-0.05, 0) is 31.7 Å². The number of amides is 1. The first kappa shape index (κ1) is 20.7. The van der Waals surface area contributed by atoms with Crippen LogP contribution in [-0.2, 0) is 4.79 Å². The summed E-state index contributed by atoms with van der Waals surface area (Å²) in [5, 5.41) is 23.0. The molecule has 162 valence electrons. The second kappa shape index (κ2) is 8.30. The number of carbonyl (C=O) groups is 1. The second-order valence-corrected chi connectivity index (χ2v) is 7.87. The molecule has 4 rings (SSSR count). The zero-order valence-corrected chi connectivity index (χ0v) is 17.5. The fourth-order valence-electron chi connectivity index (χ4n) is 4.63. The maximum Gasteiger partial charge on any atom is 0.258 e. The Morgan fingerprint density at radius 3 is 2.87 bits per heavy atom. The zero-order chi connectivity index (χ0) is 22.1. The van der Waals surface area contributed by atoms with E-state index in [1.807, 2.05) is 6.07 Å². The lowest BCUT2D eigenvalue weighted by Crippen LogP contribution is -2.43. The van der Waals surface area contributed by atoms with E-state index in [2.05, 4.69) is 27.1 Å². The van der Waals surface area contributed by atoms with Crippen LogP contribution in [0, 0.1) is 17.2 Å². The maximum atomic E-state index is 13.2. The predicted octanol–water partition coefficient (Wildman–Crippen LogP) is 2.48. The van der Waals surface area contributed by atoms with Crippen molar-refractivity contribution >= 4 is 17.7 Å². The number of phenols is 1. The summed E-state index contributed by atoms with van der Waals surface area (Å²) in [4.78, 5) is 35.5. The van der Waals surface area contributed by atoms with Gasteiger partial charge in [-0.3, -0.25) is 14.6 Å². The second-order valence-electron chi connectivity index (χ2n) is 7.87. The van der Waals surface area contributed by atoms with Gasteiger partial charge in [0.05, 0.1) is 18.7 Å². The highest BCUT2D eigenvalue weighted by molar-refractivity contribution is 5.98. The summed E-state index contributed by atoms with van der Waals surface area (Å²) < 4.78 is 5.17. The minimum Gasteiger partial charge on any atom is -0.504 e. The van der Waals surface area contributed by atoms with Gasteiger partial charge in [0.1, 0.15) is 11.7 Å². The van der Waals surface area contributed by atoms with Gasteiger partial charge in [-0.25, -0.2) is 0 Å². The fourth-order valence-corrected chi connectivity index (χ4v) is 4.63. The minimum absolute atomic E-state index is 0.128. The lowest BCUT2D eigenvalue weighted by Gasteiger charge is -2.36. The summed E-state index contributed by atoms with van der Waals surface area (Å²) in [5.41, 5.74) is -0.0112. The van der Waals surface area contributed by atoms with Crippen LogP contribution in [0.5, 0.6) is 11.5 Å². The van der Waals surface area contributed by atoms with Gasteiger partial charge >= 0.3 is 0 Å². The number of aromatic hydroxyl groups is 1. The highest BCUT2D eigenvalue weighted by Gasteiger charge is 2.42. The Labute approximate surface area is 179 Å². The highest BCUT2D eigenvalue weighted by Crippen LogP contribution is 2.44. The van der Waals surface area contributed by atoms with Gasteiger partial charge in [0.15, 0.2) is 11.5 Å². The van der Waals surface area contributed by atoms with E-state index in [-0.39, 0.29) is 34.5 Å². The van der Waals surface area contributed by atoms with Crippen molar-refractivity contribution < 1.29 is 14.6 Å². The molecule has 1 amide bonds. The van der Waals surface area contributed by atoms with Gasteiger partial charge in [0, 0.05) is 24.1 Å². The van der Waals surface area contributed by atoms with Crippen molar-refractivity contribution in [3.8, 4) is 17.6 Å². The number of fused-ring (bicyclic) bond motifs is 1. The molecule has 9 heteroatoms. The third kappa shape index (κ3) is 3.48. The number of rotatable bonds is 4. The normalized spacial score (nSPS) is 22.9. The highest BCUT2D eigenvalue weighted by atomic mass is 16.5. The number of para-hydroxylation sites is 1. The van der Waals surface area contributed by atoms with Crippen LogP contribution in [0.2, 0.25) is 0 Å². The van der Waals surface area contributed by atoms with E-state index in [4.69, 9.17) is 4.74 Å². The van der Waals surface area contributed by atoms with Crippen molar-refractivity contribution in [3.05, 3.63) is 39.7 Å². The zero-order valence-electron chi connectivity index (χ0n) is 17.5. The molecule has 0 bridgehead atoms. The molecule has 1 saturated heterocycles. The molecule has 3 atom stereocenters. The van der Waals surface area contributed by atoms with E-state index < -0.39 is 23.3 Å². The third-order valence-electron chi connectivity index (χ3n) is 6.21. The number of nitrogens with zero attached hydrogens (tertiary/aromatic N) is 3. The van der Waals surface area contributed by atoms with Crippen molar-refractivity contribution in [3.63, 3.8) is 0 Å². The summed E-state index contributed by atoms with van der Waals surface area (Å²) in [7, 11) is 1.41. The molecule has 0 saturated carbocycles. The van der Waals surface area contributed by atoms with Crippen molar-refractivity contribution in [2.45, 2.75) is 44.6 Å². The van der Waals surface area contributed by atoms with Crippen LogP contribution in [0.25, 0.3) is 0 Å². The Morgan fingerprint density at radius 2 is 2.16 bits per heavy atom. The molecule has 3 unspecified atom stereocenters. The van der Waals surface area contributed by atoms with Crippen LogP contribution in [0.1, 0.15) is 49.7 Å². The van der Waals surface area contributed by atoms with Crippen molar-refractivity contribution in [2.75, 3.05) is 23.9 Å². The van der Waals surface area contributed by atoms with Crippen LogP contribution in [0.15, 0.2) is 23.0 Å². The van der Waals surface area contributed by atoms with Crippen molar-refractivity contribution in [2.24, 2.45) is 5.92 Å². The topological polar surface area (TPSA) is 131 Å². The molecule has 2 aliphatic rings. The lowest BCUT2D eigenvalue weighted by molar-refractivity contribution is -0.119. The summed E-state index contributed by atoms with van der Waals surface area (Å²) >= 11 is 0. The lowest BCUT2D eigenvalue weighted by atomic mass is 9.78. The van der Waals surface area contributed by atoms with Gasteiger partial charge in [-0.15, -0.1) is 0 Å². The van der Waals surface area contributed by atoms with Gasteiger partial charge in [0.2, 0.25) is 11.9 Å². The molecular weight excluding hydrogens is 398 g/mol. The number of benzene rings is 1. The Bertz CT molecular complexity index is 1110. The number of aromatic nitrogens is 2. The molecule has 0 radical (unpaired) electrons. The molecule has 31 heavy (non-hydrogen) atoms. The van der Waals surface area contributed by atoms with Crippen LogP contribution >= 0.6 is 0 Å². The molecule has 0 spiro atoms. The molecule has 1 aromatic heterocycles. The molecule has 2 aliphatic heterocycles.